The number of fused-ring (bicyclic) bond motifs is 1. The van der Waals surface area contributed by atoms with Gasteiger partial charge in [-0.2, -0.15) is 0 Å². The van der Waals surface area contributed by atoms with Crippen LogP contribution in [0.1, 0.15) is 17.3 Å². The first-order valence-corrected chi connectivity index (χ1v) is 5.91. The number of ether oxygens (including phenoxy) is 1. The normalized spacial score (nSPS) is 10.7. The van der Waals surface area contributed by atoms with E-state index in [9.17, 15) is 9.59 Å². The third-order valence-corrected chi connectivity index (χ3v) is 3.13. The lowest BCUT2D eigenvalue weighted by molar-refractivity contribution is -0.137. The molecule has 0 unspecified atom stereocenters. The number of hydrogen-bond donors (Lipinski definition) is 1. The van der Waals surface area contributed by atoms with Crippen LogP contribution in [-0.4, -0.2) is 28.5 Å². The summed E-state index contributed by atoms with van der Waals surface area (Å²) < 4.78 is 6.60. The highest BCUT2D eigenvalue weighted by molar-refractivity contribution is 6.33. The molecule has 19 heavy (non-hydrogen) atoms. The molecular formula is C13H12ClNO4. The summed E-state index contributed by atoms with van der Waals surface area (Å²) in [6.07, 6.45) is 1.52. The first-order chi connectivity index (χ1) is 8.93. The standard InChI is InChI=1S/C13H12ClNO4/c1-7(16)9-5-15(6-13(17)18)11-4-10(14)12(19-2)3-8(9)11/h3-5H,6H2,1-2H3,(H,17,18). The van der Waals surface area contributed by atoms with E-state index in [2.05, 4.69) is 0 Å². The summed E-state index contributed by atoms with van der Waals surface area (Å²) in [4.78, 5) is 22.4. The second-order valence-electron chi connectivity index (χ2n) is 4.12. The van der Waals surface area contributed by atoms with E-state index in [4.69, 9.17) is 21.4 Å². The molecule has 1 aromatic heterocycles. The Kier molecular flexibility index (Phi) is 3.48. The molecule has 2 aromatic rings. The Hall–Kier alpha value is -2.01. The van der Waals surface area contributed by atoms with Gasteiger partial charge in [-0.1, -0.05) is 11.6 Å². The van der Waals surface area contributed by atoms with Crippen molar-refractivity contribution in [2.45, 2.75) is 13.5 Å². The van der Waals surface area contributed by atoms with Crippen molar-refractivity contribution in [3.8, 4) is 5.75 Å². The molecule has 1 N–H and O–H groups in total. The van der Waals surface area contributed by atoms with Crippen molar-refractivity contribution in [3.05, 3.63) is 28.9 Å². The third-order valence-electron chi connectivity index (χ3n) is 2.84. The Bertz CT molecular complexity index is 675. The summed E-state index contributed by atoms with van der Waals surface area (Å²) in [7, 11) is 1.48. The fraction of sp³-hybridized carbons (Fsp3) is 0.231. The maximum Gasteiger partial charge on any atom is 0.323 e. The molecule has 0 aliphatic heterocycles. The highest BCUT2D eigenvalue weighted by Crippen LogP contribution is 2.32. The van der Waals surface area contributed by atoms with Crippen molar-refractivity contribution in [1.29, 1.82) is 0 Å². The number of carboxylic acid groups (broad SMARTS) is 1. The van der Waals surface area contributed by atoms with E-state index >= 15 is 0 Å². The molecule has 0 radical (unpaired) electrons. The van der Waals surface area contributed by atoms with Gasteiger partial charge in [-0.15, -0.1) is 0 Å². The summed E-state index contributed by atoms with van der Waals surface area (Å²) in [5.41, 5.74) is 1.05. The number of carbonyl (C=O) groups is 2. The Balaban J connectivity index is 2.75. The van der Waals surface area contributed by atoms with E-state index in [1.54, 1.807) is 12.1 Å². The lowest BCUT2D eigenvalue weighted by Gasteiger charge is -2.05. The maximum atomic E-state index is 11.6. The monoisotopic (exact) mass is 281 g/mol. The van der Waals surface area contributed by atoms with Gasteiger partial charge in [-0.05, 0) is 19.1 Å². The van der Waals surface area contributed by atoms with Crippen LogP contribution in [0.5, 0.6) is 5.75 Å². The SMILES string of the molecule is COc1cc2c(C(C)=O)cn(CC(=O)O)c2cc1Cl. The average molecular weight is 282 g/mol. The number of rotatable bonds is 4. The molecule has 0 spiro atoms. The van der Waals surface area contributed by atoms with Gasteiger partial charge in [0, 0.05) is 17.1 Å². The smallest absolute Gasteiger partial charge is 0.323 e. The number of benzene rings is 1. The third kappa shape index (κ3) is 2.42. The molecule has 5 nitrogen and oxygen atoms in total. The molecule has 1 aromatic carbocycles. The predicted molar refractivity (Wildman–Crippen MR) is 71.1 cm³/mol. The number of carboxylic acids is 1. The summed E-state index contributed by atoms with van der Waals surface area (Å²) >= 11 is 6.03. The number of carbonyl (C=O) groups excluding carboxylic acids is 1. The molecule has 0 saturated heterocycles. The first kappa shape index (κ1) is 13.4. The van der Waals surface area contributed by atoms with Crippen molar-refractivity contribution in [3.63, 3.8) is 0 Å². The highest BCUT2D eigenvalue weighted by atomic mass is 35.5. The molecule has 1 heterocycles. The van der Waals surface area contributed by atoms with E-state index in [1.165, 1.54) is 24.8 Å². The van der Waals surface area contributed by atoms with E-state index in [-0.39, 0.29) is 12.3 Å². The average Bonchev–Trinajstić information content (AvgIpc) is 2.66. The van der Waals surface area contributed by atoms with Crippen LogP contribution in [0.2, 0.25) is 5.02 Å². The van der Waals surface area contributed by atoms with Crippen LogP contribution in [0.3, 0.4) is 0 Å². The summed E-state index contributed by atoms with van der Waals surface area (Å²) in [6.45, 7) is 1.20. The molecule has 0 bridgehead atoms. The highest BCUT2D eigenvalue weighted by Gasteiger charge is 2.16. The fourth-order valence-electron chi connectivity index (χ4n) is 2.00. The van der Waals surface area contributed by atoms with Crippen molar-refractivity contribution >= 4 is 34.3 Å². The van der Waals surface area contributed by atoms with Crippen molar-refractivity contribution < 1.29 is 19.4 Å². The number of aromatic nitrogens is 1. The minimum absolute atomic E-state index is 0.140. The van der Waals surface area contributed by atoms with Crippen molar-refractivity contribution in [2.75, 3.05) is 7.11 Å². The van der Waals surface area contributed by atoms with Gasteiger partial charge in [0.1, 0.15) is 12.3 Å². The molecule has 0 amide bonds. The number of ketones is 1. The van der Waals surface area contributed by atoms with Crippen LogP contribution < -0.4 is 4.74 Å². The quantitative estimate of drug-likeness (QED) is 0.875. The zero-order valence-corrected chi connectivity index (χ0v) is 11.2. The largest absolute Gasteiger partial charge is 0.495 e. The van der Waals surface area contributed by atoms with Crippen LogP contribution in [0.15, 0.2) is 18.3 Å². The Morgan fingerprint density at radius 2 is 2.11 bits per heavy atom. The lowest BCUT2D eigenvalue weighted by atomic mass is 10.1. The Morgan fingerprint density at radius 1 is 1.42 bits per heavy atom. The molecule has 0 atom stereocenters. The van der Waals surface area contributed by atoms with Crippen LogP contribution in [-0.2, 0) is 11.3 Å². The molecule has 6 heteroatoms. The van der Waals surface area contributed by atoms with Gasteiger partial charge in [-0.3, -0.25) is 9.59 Å². The number of halogens is 1. The van der Waals surface area contributed by atoms with Crippen LogP contribution >= 0.6 is 11.6 Å². The Morgan fingerprint density at radius 3 is 2.63 bits per heavy atom. The Labute approximate surface area is 114 Å². The van der Waals surface area contributed by atoms with Crippen molar-refractivity contribution in [2.24, 2.45) is 0 Å². The van der Waals surface area contributed by atoms with Gasteiger partial charge in [0.05, 0.1) is 17.6 Å². The topological polar surface area (TPSA) is 68.5 Å². The number of hydrogen-bond acceptors (Lipinski definition) is 3. The van der Waals surface area contributed by atoms with Crippen molar-refractivity contribution in [1.82, 2.24) is 4.57 Å². The number of methoxy groups -OCH3 is 1. The molecule has 0 saturated carbocycles. The zero-order chi connectivity index (χ0) is 14.2. The maximum absolute atomic E-state index is 11.6. The molecule has 0 aliphatic carbocycles. The van der Waals surface area contributed by atoms with Gasteiger partial charge in [0.15, 0.2) is 5.78 Å². The minimum Gasteiger partial charge on any atom is -0.495 e. The zero-order valence-electron chi connectivity index (χ0n) is 10.4. The van der Waals surface area contributed by atoms with Gasteiger partial charge in [0.25, 0.3) is 0 Å². The van der Waals surface area contributed by atoms with Gasteiger partial charge in [-0.25, -0.2) is 0 Å². The first-order valence-electron chi connectivity index (χ1n) is 5.53. The molecule has 100 valence electrons. The van der Waals surface area contributed by atoms with Gasteiger partial charge >= 0.3 is 5.97 Å². The summed E-state index contributed by atoms with van der Waals surface area (Å²) in [5.74, 6) is -0.679. The number of nitrogens with zero attached hydrogens (tertiary/aromatic N) is 1. The van der Waals surface area contributed by atoms with Gasteiger partial charge in [0.2, 0.25) is 0 Å². The summed E-state index contributed by atoms with van der Waals surface area (Å²) in [5, 5.41) is 9.89. The van der Waals surface area contributed by atoms with E-state index < -0.39 is 5.97 Å². The second kappa shape index (κ2) is 4.93. The number of Topliss-reactive ketones (excluding diaryl/α,β-unsaturated/α-hetero) is 1. The van der Waals surface area contributed by atoms with E-state index in [0.717, 1.165) is 0 Å². The van der Waals surface area contributed by atoms with Crippen LogP contribution in [0.4, 0.5) is 0 Å². The lowest BCUT2D eigenvalue weighted by Crippen LogP contribution is -2.07. The molecule has 0 aliphatic rings. The molecule has 2 rings (SSSR count). The second-order valence-corrected chi connectivity index (χ2v) is 4.53. The summed E-state index contributed by atoms with van der Waals surface area (Å²) in [6, 6.07) is 3.25. The van der Waals surface area contributed by atoms with E-state index in [1.807, 2.05) is 0 Å². The van der Waals surface area contributed by atoms with Gasteiger partial charge < -0.3 is 14.4 Å². The minimum atomic E-state index is -0.987. The van der Waals surface area contributed by atoms with E-state index in [0.29, 0.717) is 27.2 Å². The van der Waals surface area contributed by atoms with Crippen LogP contribution in [0, 0.1) is 0 Å². The molecule has 0 fully saturated rings. The predicted octanol–water partition coefficient (Wildman–Crippen LogP) is 2.59. The van der Waals surface area contributed by atoms with Crippen LogP contribution in [0.25, 0.3) is 10.9 Å². The fourth-order valence-corrected chi connectivity index (χ4v) is 2.24. The molecular weight excluding hydrogens is 270 g/mol. The number of aliphatic carboxylic acids is 1.